The van der Waals surface area contributed by atoms with E-state index in [-0.39, 0.29) is 38.6 Å². The number of ether oxygens (including phenoxy) is 2. The Morgan fingerprint density at radius 1 is 0.941 bits per heavy atom. The Morgan fingerprint density at radius 3 is 1.35 bits per heavy atom. The number of hydrogen-bond donors (Lipinski definition) is 0. The van der Waals surface area contributed by atoms with E-state index in [1.807, 2.05) is 13.8 Å². The van der Waals surface area contributed by atoms with E-state index in [9.17, 15) is 9.59 Å². The highest BCUT2D eigenvalue weighted by Crippen LogP contribution is 1.94. The lowest BCUT2D eigenvalue weighted by atomic mass is 10.2. The fourth-order valence-corrected chi connectivity index (χ4v) is 0.545. The minimum atomic E-state index is -0.153. The van der Waals surface area contributed by atoms with Crippen LogP contribution in [-0.4, -0.2) is 25.7 Å². The first kappa shape index (κ1) is 25.0. The molecule has 0 amide bonds. The van der Waals surface area contributed by atoms with Gasteiger partial charge in [0.1, 0.15) is 0 Å². The van der Waals surface area contributed by atoms with Crippen molar-refractivity contribution in [1.82, 2.24) is 0 Å². The largest absolute Gasteiger partial charge is 0.469 e. The van der Waals surface area contributed by atoms with E-state index in [1.165, 1.54) is 7.11 Å². The zero-order chi connectivity index (χ0) is 12.4. The maximum Gasteiger partial charge on any atom is 0.308 e. The van der Waals surface area contributed by atoms with Crippen molar-refractivity contribution in [3.8, 4) is 0 Å². The summed E-state index contributed by atoms with van der Waals surface area (Å²) in [5, 5.41) is 0. The van der Waals surface area contributed by atoms with E-state index in [0.29, 0.717) is 6.61 Å². The number of esters is 2. The van der Waals surface area contributed by atoms with Crippen LogP contribution in [0, 0.1) is 11.8 Å². The summed E-state index contributed by atoms with van der Waals surface area (Å²) >= 11 is 0. The SMILES string of the molecule is C.C.CCOC(=O)C(C)C.COC(=O)C(C)C. The molecule has 0 heterocycles. The third-order valence-electron chi connectivity index (χ3n) is 1.43. The van der Waals surface area contributed by atoms with Gasteiger partial charge in [-0.2, -0.15) is 0 Å². The molecule has 0 aliphatic carbocycles. The molecule has 0 aromatic carbocycles. The van der Waals surface area contributed by atoms with Gasteiger partial charge in [-0.1, -0.05) is 42.5 Å². The molecule has 0 saturated carbocycles. The first-order valence-corrected chi connectivity index (χ1v) is 5.11. The average Bonchev–Trinajstić information content (AvgIpc) is 2.17. The first-order chi connectivity index (χ1) is 6.86. The van der Waals surface area contributed by atoms with Crippen molar-refractivity contribution < 1.29 is 19.1 Å². The normalized spacial score (nSPS) is 8.24. The number of rotatable bonds is 3. The summed E-state index contributed by atoms with van der Waals surface area (Å²) in [5.74, 6) is -0.257. The van der Waals surface area contributed by atoms with Gasteiger partial charge in [-0.3, -0.25) is 9.59 Å². The molecule has 0 aliphatic rings. The summed E-state index contributed by atoms with van der Waals surface area (Å²) in [6.07, 6.45) is 0. The molecule has 17 heavy (non-hydrogen) atoms. The molecule has 0 N–H and O–H groups in total. The van der Waals surface area contributed by atoms with Crippen LogP contribution in [0.1, 0.15) is 49.5 Å². The fourth-order valence-electron chi connectivity index (χ4n) is 0.545. The summed E-state index contributed by atoms with van der Waals surface area (Å²) in [6.45, 7) is 9.52. The van der Waals surface area contributed by atoms with E-state index >= 15 is 0 Å². The van der Waals surface area contributed by atoms with Crippen molar-refractivity contribution in [2.24, 2.45) is 11.8 Å². The van der Waals surface area contributed by atoms with Crippen LogP contribution in [-0.2, 0) is 19.1 Å². The van der Waals surface area contributed by atoms with E-state index in [0.717, 1.165) is 0 Å². The minimum absolute atomic E-state index is 0. The molecule has 0 radical (unpaired) electrons. The Bertz CT molecular complexity index is 186. The predicted molar refractivity (Wildman–Crippen MR) is 71.8 cm³/mol. The van der Waals surface area contributed by atoms with Crippen LogP contribution in [0.15, 0.2) is 0 Å². The van der Waals surface area contributed by atoms with Gasteiger partial charge in [0.25, 0.3) is 0 Å². The Labute approximate surface area is 107 Å². The lowest BCUT2D eigenvalue weighted by Crippen LogP contribution is -2.10. The topological polar surface area (TPSA) is 52.6 Å². The molecule has 0 unspecified atom stereocenters. The Morgan fingerprint density at radius 2 is 1.29 bits per heavy atom. The van der Waals surface area contributed by atoms with Gasteiger partial charge in [0, 0.05) is 0 Å². The predicted octanol–water partition coefficient (Wildman–Crippen LogP) is 3.29. The van der Waals surface area contributed by atoms with Gasteiger partial charge < -0.3 is 9.47 Å². The molecule has 4 heteroatoms. The molecule has 0 rings (SSSR count). The van der Waals surface area contributed by atoms with Crippen LogP contribution >= 0.6 is 0 Å². The lowest BCUT2D eigenvalue weighted by Gasteiger charge is -2.01. The van der Waals surface area contributed by atoms with Gasteiger partial charge in [-0.15, -0.1) is 0 Å². The second-order valence-electron chi connectivity index (χ2n) is 3.58. The third kappa shape index (κ3) is 17.5. The van der Waals surface area contributed by atoms with Crippen molar-refractivity contribution in [2.45, 2.75) is 49.5 Å². The molecule has 0 fully saturated rings. The smallest absolute Gasteiger partial charge is 0.308 e. The van der Waals surface area contributed by atoms with Gasteiger partial charge in [0.05, 0.1) is 25.6 Å². The highest BCUT2D eigenvalue weighted by atomic mass is 16.5. The molecule has 4 nitrogen and oxygen atoms in total. The number of hydrogen-bond acceptors (Lipinski definition) is 4. The maximum absolute atomic E-state index is 10.5. The first-order valence-electron chi connectivity index (χ1n) is 5.11. The molecule has 106 valence electrons. The lowest BCUT2D eigenvalue weighted by molar-refractivity contribution is -0.147. The zero-order valence-electron chi connectivity index (χ0n) is 10.5. The Hall–Kier alpha value is -1.06. The summed E-state index contributed by atoms with van der Waals surface area (Å²) in [5.41, 5.74) is 0. The van der Waals surface area contributed by atoms with E-state index in [4.69, 9.17) is 0 Å². The van der Waals surface area contributed by atoms with E-state index < -0.39 is 0 Å². The zero-order valence-corrected chi connectivity index (χ0v) is 10.5. The summed E-state index contributed by atoms with van der Waals surface area (Å²) < 4.78 is 9.04. The van der Waals surface area contributed by atoms with Crippen molar-refractivity contribution in [3.63, 3.8) is 0 Å². The van der Waals surface area contributed by atoms with Gasteiger partial charge in [-0.05, 0) is 6.92 Å². The molecule has 0 atom stereocenters. The number of carbonyl (C=O) groups is 2. The standard InChI is InChI=1S/C6H12O2.C5H10O2.2CH4/c1-4-8-6(7)5(2)3;1-4(2)5(6)7-3;;/h5H,4H2,1-3H3;4H,1-3H3;2*1H4. The molecule has 0 aliphatic heterocycles. The highest BCUT2D eigenvalue weighted by molar-refractivity contribution is 5.71. The summed E-state index contributed by atoms with van der Waals surface area (Å²) in [4.78, 5) is 20.8. The Balaban J connectivity index is -0.0000000896. The molecule has 0 saturated heterocycles. The highest BCUT2D eigenvalue weighted by Gasteiger charge is 2.05. The van der Waals surface area contributed by atoms with Crippen LogP contribution in [0.25, 0.3) is 0 Å². The molecular weight excluding hydrogens is 220 g/mol. The van der Waals surface area contributed by atoms with Gasteiger partial charge in [-0.25, -0.2) is 0 Å². The monoisotopic (exact) mass is 250 g/mol. The van der Waals surface area contributed by atoms with Crippen molar-refractivity contribution in [3.05, 3.63) is 0 Å². The molecule has 0 spiro atoms. The Kier molecular flexibility index (Phi) is 21.9. The quantitative estimate of drug-likeness (QED) is 0.721. The van der Waals surface area contributed by atoms with Crippen molar-refractivity contribution >= 4 is 11.9 Å². The van der Waals surface area contributed by atoms with Crippen molar-refractivity contribution in [1.29, 1.82) is 0 Å². The average molecular weight is 250 g/mol. The van der Waals surface area contributed by atoms with E-state index in [1.54, 1.807) is 20.8 Å². The van der Waals surface area contributed by atoms with Gasteiger partial charge in [0.15, 0.2) is 0 Å². The molecule has 0 aromatic rings. The van der Waals surface area contributed by atoms with Crippen LogP contribution in [0.2, 0.25) is 0 Å². The van der Waals surface area contributed by atoms with Crippen LogP contribution < -0.4 is 0 Å². The van der Waals surface area contributed by atoms with Crippen LogP contribution in [0.4, 0.5) is 0 Å². The molecule has 0 aromatic heterocycles. The van der Waals surface area contributed by atoms with Gasteiger partial charge in [0.2, 0.25) is 0 Å². The van der Waals surface area contributed by atoms with Crippen molar-refractivity contribution in [2.75, 3.05) is 13.7 Å². The summed E-state index contributed by atoms with van der Waals surface area (Å²) in [7, 11) is 1.39. The molecular formula is C13H30O4. The second-order valence-corrected chi connectivity index (χ2v) is 3.58. The third-order valence-corrected chi connectivity index (χ3v) is 1.43. The molecule has 0 bridgehead atoms. The summed E-state index contributed by atoms with van der Waals surface area (Å²) in [6, 6.07) is 0. The van der Waals surface area contributed by atoms with Crippen LogP contribution in [0.5, 0.6) is 0 Å². The maximum atomic E-state index is 10.5. The number of carbonyl (C=O) groups excluding carboxylic acids is 2. The van der Waals surface area contributed by atoms with Crippen LogP contribution in [0.3, 0.4) is 0 Å². The fraction of sp³-hybridized carbons (Fsp3) is 0.846. The van der Waals surface area contributed by atoms with Gasteiger partial charge >= 0.3 is 11.9 Å². The minimum Gasteiger partial charge on any atom is -0.469 e. The second kappa shape index (κ2) is 14.9. The number of methoxy groups -OCH3 is 1. The van der Waals surface area contributed by atoms with E-state index in [2.05, 4.69) is 9.47 Å².